The standard InChI is InChI=1S/C10H16N2O2/c1-10(7-11,14-3)9-6-8(13-2)4-5-12-9/h4-6H,7,11H2,1-3H3. The minimum Gasteiger partial charge on any atom is -0.497 e. The summed E-state index contributed by atoms with van der Waals surface area (Å²) in [6, 6.07) is 3.62. The summed E-state index contributed by atoms with van der Waals surface area (Å²) < 4.78 is 10.4. The molecule has 0 fully saturated rings. The van der Waals surface area contributed by atoms with Crippen LogP contribution in [0.3, 0.4) is 0 Å². The van der Waals surface area contributed by atoms with E-state index in [1.54, 1.807) is 26.5 Å². The molecule has 4 nitrogen and oxygen atoms in total. The van der Waals surface area contributed by atoms with Crippen LogP contribution in [0.4, 0.5) is 0 Å². The number of hydrogen-bond acceptors (Lipinski definition) is 4. The molecule has 0 aliphatic rings. The van der Waals surface area contributed by atoms with Crippen LogP contribution in [-0.4, -0.2) is 25.7 Å². The second-order valence-electron chi connectivity index (χ2n) is 3.22. The SMILES string of the molecule is COc1ccnc(C(C)(CN)OC)c1. The second kappa shape index (κ2) is 4.39. The molecule has 0 radical (unpaired) electrons. The van der Waals surface area contributed by atoms with Gasteiger partial charge in [-0.1, -0.05) is 0 Å². The predicted molar refractivity (Wildman–Crippen MR) is 54.2 cm³/mol. The first-order chi connectivity index (χ1) is 6.66. The van der Waals surface area contributed by atoms with Crippen molar-refractivity contribution in [3.63, 3.8) is 0 Å². The van der Waals surface area contributed by atoms with Gasteiger partial charge in [0.15, 0.2) is 0 Å². The summed E-state index contributed by atoms with van der Waals surface area (Å²) in [5, 5.41) is 0. The Morgan fingerprint density at radius 1 is 1.50 bits per heavy atom. The van der Waals surface area contributed by atoms with Gasteiger partial charge in [0, 0.05) is 25.9 Å². The highest BCUT2D eigenvalue weighted by molar-refractivity contribution is 5.26. The first-order valence-electron chi connectivity index (χ1n) is 4.42. The van der Waals surface area contributed by atoms with Gasteiger partial charge in [0.1, 0.15) is 11.4 Å². The molecule has 78 valence electrons. The molecule has 14 heavy (non-hydrogen) atoms. The quantitative estimate of drug-likeness (QED) is 0.777. The van der Waals surface area contributed by atoms with Crippen LogP contribution in [-0.2, 0) is 10.3 Å². The van der Waals surface area contributed by atoms with Crippen LogP contribution < -0.4 is 10.5 Å². The predicted octanol–water partition coefficient (Wildman–Crippen LogP) is 0.910. The maximum absolute atomic E-state index is 5.64. The molecule has 4 heteroatoms. The number of pyridine rings is 1. The average Bonchev–Trinajstić information content (AvgIpc) is 2.28. The summed E-state index contributed by atoms with van der Waals surface area (Å²) in [6.45, 7) is 2.28. The Labute approximate surface area is 84.0 Å². The van der Waals surface area contributed by atoms with Crippen molar-refractivity contribution in [1.82, 2.24) is 4.98 Å². The monoisotopic (exact) mass is 196 g/mol. The Bertz CT molecular complexity index is 298. The molecule has 1 aromatic rings. The number of aromatic nitrogens is 1. The second-order valence-corrected chi connectivity index (χ2v) is 3.22. The van der Waals surface area contributed by atoms with Gasteiger partial charge in [-0.05, 0) is 13.0 Å². The topological polar surface area (TPSA) is 57.4 Å². The normalized spacial score (nSPS) is 14.9. The Morgan fingerprint density at radius 3 is 2.71 bits per heavy atom. The minimum atomic E-state index is -0.547. The van der Waals surface area contributed by atoms with Gasteiger partial charge >= 0.3 is 0 Å². The van der Waals surface area contributed by atoms with Gasteiger partial charge in [-0.15, -0.1) is 0 Å². The Hall–Kier alpha value is -1.13. The number of nitrogens with zero attached hydrogens (tertiary/aromatic N) is 1. The van der Waals surface area contributed by atoms with Crippen LogP contribution in [0.5, 0.6) is 5.75 Å². The zero-order valence-corrected chi connectivity index (χ0v) is 8.78. The zero-order chi connectivity index (χ0) is 10.6. The summed E-state index contributed by atoms with van der Waals surface area (Å²) in [7, 11) is 3.24. The first-order valence-corrected chi connectivity index (χ1v) is 4.42. The number of ether oxygens (including phenoxy) is 2. The maximum atomic E-state index is 5.64. The summed E-state index contributed by atoms with van der Waals surface area (Å²) >= 11 is 0. The van der Waals surface area contributed by atoms with Crippen LogP contribution in [0.25, 0.3) is 0 Å². The van der Waals surface area contributed by atoms with Gasteiger partial charge in [-0.3, -0.25) is 4.98 Å². The average molecular weight is 196 g/mol. The summed E-state index contributed by atoms with van der Waals surface area (Å²) in [6.07, 6.45) is 1.68. The number of rotatable bonds is 4. The van der Waals surface area contributed by atoms with Gasteiger partial charge in [0.05, 0.1) is 12.8 Å². The summed E-state index contributed by atoms with van der Waals surface area (Å²) in [4.78, 5) is 4.22. The van der Waals surface area contributed by atoms with Crippen molar-refractivity contribution in [3.05, 3.63) is 24.0 Å². The lowest BCUT2D eigenvalue weighted by molar-refractivity contribution is 0.00624. The third-order valence-corrected chi connectivity index (χ3v) is 2.35. The molecule has 2 N–H and O–H groups in total. The van der Waals surface area contributed by atoms with Crippen molar-refractivity contribution in [3.8, 4) is 5.75 Å². The van der Waals surface area contributed by atoms with E-state index >= 15 is 0 Å². The smallest absolute Gasteiger partial charge is 0.122 e. The molecule has 0 aliphatic carbocycles. The van der Waals surface area contributed by atoms with Crippen LogP contribution in [0.2, 0.25) is 0 Å². The van der Waals surface area contributed by atoms with E-state index in [2.05, 4.69) is 4.98 Å². The fourth-order valence-corrected chi connectivity index (χ4v) is 1.12. The van der Waals surface area contributed by atoms with E-state index in [4.69, 9.17) is 15.2 Å². The van der Waals surface area contributed by atoms with E-state index in [1.165, 1.54) is 0 Å². The fourth-order valence-electron chi connectivity index (χ4n) is 1.12. The molecular formula is C10H16N2O2. The van der Waals surface area contributed by atoms with E-state index in [0.717, 1.165) is 11.4 Å². The molecule has 1 rings (SSSR count). The lowest BCUT2D eigenvalue weighted by Gasteiger charge is -2.25. The van der Waals surface area contributed by atoms with E-state index < -0.39 is 5.60 Å². The first kappa shape index (κ1) is 10.9. The van der Waals surface area contributed by atoms with Crippen LogP contribution in [0, 0.1) is 0 Å². The van der Waals surface area contributed by atoms with Crippen LogP contribution >= 0.6 is 0 Å². The largest absolute Gasteiger partial charge is 0.497 e. The highest BCUT2D eigenvalue weighted by Crippen LogP contribution is 2.23. The molecule has 0 saturated heterocycles. The lowest BCUT2D eigenvalue weighted by atomic mass is 10.0. The van der Waals surface area contributed by atoms with Crippen LogP contribution in [0.15, 0.2) is 18.3 Å². The summed E-state index contributed by atoms with van der Waals surface area (Å²) in [5.41, 5.74) is 5.87. The molecule has 0 spiro atoms. The molecule has 0 aliphatic heterocycles. The van der Waals surface area contributed by atoms with Crippen molar-refractivity contribution in [2.24, 2.45) is 5.73 Å². The highest BCUT2D eigenvalue weighted by Gasteiger charge is 2.26. The van der Waals surface area contributed by atoms with Gasteiger partial charge < -0.3 is 15.2 Å². The number of nitrogens with two attached hydrogens (primary N) is 1. The maximum Gasteiger partial charge on any atom is 0.122 e. The molecule has 0 saturated carbocycles. The molecule has 1 aromatic heterocycles. The molecule has 0 aromatic carbocycles. The number of methoxy groups -OCH3 is 2. The van der Waals surface area contributed by atoms with E-state index in [1.807, 2.05) is 13.0 Å². The van der Waals surface area contributed by atoms with E-state index in [0.29, 0.717) is 6.54 Å². The van der Waals surface area contributed by atoms with Crippen molar-refractivity contribution in [2.75, 3.05) is 20.8 Å². The van der Waals surface area contributed by atoms with Gasteiger partial charge in [-0.25, -0.2) is 0 Å². The lowest BCUT2D eigenvalue weighted by Crippen LogP contribution is -2.34. The Kier molecular flexibility index (Phi) is 3.43. The van der Waals surface area contributed by atoms with Crippen molar-refractivity contribution in [2.45, 2.75) is 12.5 Å². The van der Waals surface area contributed by atoms with Crippen molar-refractivity contribution >= 4 is 0 Å². The molecule has 1 heterocycles. The van der Waals surface area contributed by atoms with E-state index in [-0.39, 0.29) is 0 Å². The van der Waals surface area contributed by atoms with Gasteiger partial charge in [0.2, 0.25) is 0 Å². The Morgan fingerprint density at radius 2 is 2.21 bits per heavy atom. The fraction of sp³-hybridized carbons (Fsp3) is 0.500. The minimum absolute atomic E-state index is 0.379. The Balaban J connectivity index is 3.04. The molecule has 1 atom stereocenters. The van der Waals surface area contributed by atoms with Crippen molar-refractivity contribution in [1.29, 1.82) is 0 Å². The van der Waals surface area contributed by atoms with Gasteiger partial charge in [0.25, 0.3) is 0 Å². The molecular weight excluding hydrogens is 180 g/mol. The van der Waals surface area contributed by atoms with Crippen LogP contribution in [0.1, 0.15) is 12.6 Å². The molecule has 1 unspecified atom stereocenters. The molecule has 0 bridgehead atoms. The summed E-state index contributed by atoms with van der Waals surface area (Å²) in [5.74, 6) is 0.756. The zero-order valence-electron chi connectivity index (χ0n) is 8.78. The third kappa shape index (κ3) is 2.02. The number of hydrogen-bond donors (Lipinski definition) is 1. The van der Waals surface area contributed by atoms with Gasteiger partial charge in [-0.2, -0.15) is 0 Å². The highest BCUT2D eigenvalue weighted by atomic mass is 16.5. The van der Waals surface area contributed by atoms with Crippen molar-refractivity contribution < 1.29 is 9.47 Å². The third-order valence-electron chi connectivity index (χ3n) is 2.35. The molecule has 0 amide bonds. The van der Waals surface area contributed by atoms with E-state index in [9.17, 15) is 0 Å².